The molecule has 6 heteroatoms. The first-order valence-electron chi connectivity index (χ1n) is 6.23. The number of aliphatic hydroxyl groups excluding tert-OH is 1. The van der Waals surface area contributed by atoms with Crippen molar-refractivity contribution in [2.45, 2.75) is 25.6 Å². The van der Waals surface area contributed by atoms with E-state index in [1.165, 1.54) is 25.8 Å². The van der Waals surface area contributed by atoms with E-state index in [-0.39, 0.29) is 6.54 Å². The molecule has 1 fully saturated rings. The van der Waals surface area contributed by atoms with Crippen molar-refractivity contribution in [3.8, 4) is 0 Å². The third-order valence-corrected chi connectivity index (χ3v) is 2.91. The van der Waals surface area contributed by atoms with Crippen molar-refractivity contribution in [1.82, 2.24) is 9.80 Å². The maximum atomic E-state index is 13.4. The minimum atomic E-state index is -1.90. The number of hydrogen-bond acceptors (Lipinski definition) is 4. The van der Waals surface area contributed by atoms with Gasteiger partial charge in [0.2, 0.25) is 0 Å². The average Bonchev–Trinajstić information content (AvgIpc) is 2.27. The van der Waals surface area contributed by atoms with Crippen molar-refractivity contribution >= 4 is 5.91 Å². The summed E-state index contributed by atoms with van der Waals surface area (Å²) in [6.45, 7) is 5.96. The van der Waals surface area contributed by atoms with Gasteiger partial charge in [-0.2, -0.15) is 0 Å². The van der Waals surface area contributed by atoms with Gasteiger partial charge in [0, 0.05) is 33.2 Å². The minimum absolute atomic E-state index is 0.142. The Kier molecular flexibility index (Phi) is 5.49. The van der Waals surface area contributed by atoms with Crippen LogP contribution in [0.3, 0.4) is 0 Å². The van der Waals surface area contributed by atoms with E-state index in [0.29, 0.717) is 19.8 Å². The van der Waals surface area contributed by atoms with Crippen LogP contribution in [0.5, 0.6) is 0 Å². The standard InChI is InChI=1S/C12H23FN2O3/c1-12(2,13)11(17)14(3)8-10(16)9-15-4-6-18-7-5-15/h10,16H,4-9H2,1-3H3. The van der Waals surface area contributed by atoms with E-state index in [2.05, 4.69) is 4.90 Å². The predicted molar refractivity (Wildman–Crippen MR) is 66.1 cm³/mol. The molecule has 5 nitrogen and oxygen atoms in total. The van der Waals surface area contributed by atoms with Gasteiger partial charge >= 0.3 is 0 Å². The lowest BCUT2D eigenvalue weighted by molar-refractivity contribution is -0.142. The molecule has 1 unspecified atom stereocenters. The van der Waals surface area contributed by atoms with E-state index >= 15 is 0 Å². The molecular formula is C12H23FN2O3. The third kappa shape index (κ3) is 4.88. The molecule has 0 spiro atoms. The van der Waals surface area contributed by atoms with Crippen LogP contribution in [-0.2, 0) is 9.53 Å². The Hall–Kier alpha value is -0.720. The van der Waals surface area contributed by atoms with Crippen LogP contribution < -0.4 is 0 Å². The van der Waals surface area contributed by atoms with E-state index in [4.69, 9.17) is 4.74 Å². The van der Waals surface area contributed by atoms with E-state index in [1.807, 2.05) is 0 Å². The molecule has 0 aliphatic carbocycles. The molecular weight excluding hydrogens is 239 g/mol. The number of nitrogens with zero attached hydrogens (tertiary/aromatic N) is 2. The fourth-order valence-corrected chi connectivity index (χ4v) is 1.99. The summed E-state index contributed by atoms with van der Waals surface area (Å²) in [5.74, 6) is -0.608. The number of halogens is 1. The lowest BCUT2D eigenvalue weighted by Gasteiger charge is -2.31. The molecule has 1 atom stereocenters. The molecule has 1 heterocycles. The Morgan fingerprint density at radius 2 is 2.06 bits per heavy atom. The van der Waals surface area contributed by atoms with E-state index < -0.39 is 17.7 Å². The monoisotopic (exact) mass is 262 g/mol. The topological polar surface area (TPSA) is 53.0 Å². The molecule has 106 valence electrons. The number of rotatable bonds is 5. The first-order valence-corrected chi connectivity index (χ1v) is 6.23. The highest BCUT2D eigenvalue weighted by molar-refractivity contribution is 5.83. The molecule has 1 saturated heterocycles. The maximum absolute atomic E-state index is 13.4. The zero-order valence-corrected chi connectivity index (χ0v) is 11.4. The lowest BCUT2D eigenvalue weighted by atomic mass is 10.1. The quantitative estimate of drug-likeness (QED) is 0.751. The van der Waals surface area contributed by atoms with E-state index in [1.54, 1.807) is 0 Å². The van der Waals surface area contributed by atoms with Crippen molar-refractivity contribution < 1.29 is 19.0 Å². The molecule has 0 saturated carbocycles. The van der Waals surface area contributed by atoms with Gasteiger partial charge in [0.1, 0.15) is 0 Å². The maximum Gasteiger partial charge on any atom is 0.259 e. The number of likely N-dealkylation sites (N-methyl/N-ethyl adjacent to an activating group) is 1. The fourth-order valence-electron chi connectivity index (χ4n) is 1.99. The molecule has 1 aliphatic rings. The van der Waals surface area contributed by atoms with Crippen molar-refractivity contribution in [2.75, 3.05) is 46.4 Å². The summed E-state index contributed by atoms with van der Waals surface area (Å²) in [7, 11) is 1.51. The second-order valence-electron chi connectivity index (χ2n) is 5.22. The van der Waals surface area contributed by atoms with Gasteiger partial charge in [0.15, 0.2) is 5.67 Å². The van der Waals surface area contributed by atoms with Gasteiger partial charge in [-0.1, -0.05) is 0 Å². The molecule has 0 bridgehead atoms. The Morgan fingerprint density at radius 1 is 1.50 bits per heavy atom. The molecule has 1 N–H and O–H groups in total. The highest BCUT2D eigenvalue weighted by atomic mass is 19.1. The van der Waals surface area contributed by atoms with Gasteiger partial charge in [0.05, 0.1) is 19.3 Å². The number of hydrogen-bond donors (Lipinski definition) is 1. The zero-order chi connectivity index (χ0) is 13.8. The summed E-state index contributed by atoms with van der Waals surface area (Å²) in [4.78, 5) is 14.9. The normalized spacial score (nSPS) is 19.6. The van der Waals surface area contributed by atoms with Crippen molar-refractivity contribution in [1.29, 1.82) is 0 Å². The van der Waals surface area contributed by atoms with Gasteiger partial charge in [0.25, 0.3) is 5.91 Å². The summed E-state index contributed by atoms with van der Waals surface area (Å²) >= 11 is 0. The van der Waals surface area contributed by atoms with Crippen LogP contribution >= 0.6 is 0 Å². The molecule has 1 amide bonds. The van der Waals surface area contributed by atoms with Crippen molar-refractivity contribution in [3.63, 3.8) is 0 Å². The summed E-state index contributed by atoms with van der Waals surface area (Å²) in [6, 6.07) is 0. The average molecular weight is 262 g/mol. The summed E-state index contributed by atoms with van der Waals surface area (Å²) in [5.41, 5.74) is -1.90. The van der Waals surface area contributed by atoms with Gasteiger partial charge in [-0.3, -0.25) is 9.69 Å². The predicted octanol–water partition coefficient (Wildman–Crippen LogP) is -0.114. The van der Waals surface area contributed by atoms with Gasteiger partial charge < -0.3 is 14.7 Å². The first-order chi connectivity index (χ1) is 8.30. The number of ether oxygens (including phenoxy) is 1. The van der Waals surface area contributed by atoms with Crippen LogP contribution in [-0.4, -0.2) is 79.0 Å². The SMILES string of the molecule is CN(CC(O)CN1CCOCC1)C(=O)C(C)(C)F. The smallest absolute Gasteiger partial charge is 0.259 e. The highest BCUT2D eigenvalue weighted by Gasteiger charge is 2.30. The molecule has 18 heavy (non-hydrogen) atoms. The van der Waals surface area contributed by atoms with Gasteiger partial charge in [-0.05, 0) is 13.8 Å². The minimum Gasteiger partial charge on any atom is -0.390 e. The zero-order valence-electron chi connectivity index (χ0n) is 11.4. The Labute approximate surface area is 108 Å². The second-order valence-corrected chi connectivity index (χ2v) is 5.22. The van der Waals surface area contributed by atoms with Gasteiger partial charge in [-0.25, -0.2) is 4.39 Å². The van der Waals surface area contributed by atoms with Crippen LogP contribution in [0.2, 0.25) is 0 Å². The number of aliphatic hydroxyl groups is 1. The number of amides is 1. The Bertz CT molecular complexity index is 275. The van der Waals surface area contributed by atoms with E-state index in [0.717, 1.165) is 13.1 Å². The molecule has 1 aliphatic heterocycles. The third-order valence-electron chi connectivity index (χ3n) is 2.91. The van der Waals surface area contributed by atoms with Crippen LogP contribution in [0.1, 0.15) is 13.8 Å². The molecule has 0 aromatic heterocycles. The number of β-amino-alcohol motifs (C(OH)–C–C–N with tert-alkyl or cyclic N) is 1. The van der Waals surface area contributed by atoms with Crippen LogP contribution in [0.25, 0.3) is 0 Å². The number of carbonyl (C=O) groups excluding carboxylic acids is 1. The fraction of sp³-hybridized carbons (Fsp3) is 0.917. The van der Waals surface area contributed by atoms with Crippen molar-refractivity contribution in [3.05, 3.63) is 0 Å². The van der Waals surface area contributed by atoms with Crippen molar-refractivity contribution in [2.24, 2.45) is 0 Å². The largest absolute Gasteiger partial charge is 0.390 e. The number of morpholine rings is 1. The van der Waals surface area contributed by atoms with Crippen LogP contribution in [0, 0.1) is 0 Å². The summed E-state index contributed by atoms with van der Waals surface area (Å²) < 4.78 is 18.6. The number of carbonyl (C=O) groups is 1. The number of alkyl halides is 1. The first kappa shape index (κ1) is 15.3. The molecule has 0 aromatic rings. The molecule has 1 rings (SSSR count). The van der Waals surface area contributed by atoms with Crippen LogP contribution in [0.15, 0.2) is 0 Å². The Morgan fingerprint density at radius 3 is 2.56 bits per heavy atom. The summed E-state index contributed by atoms with van der Waals surface area (Å²) in [5, 5.41) is 9.89. The second kappa shape index (κ2) is 6.45. The van der Waals surface area contributed by atoms with Crippen LogP contribution in [0.4, 0.5) is 4.39 Å². The Balaban J connectivity index is 2.34. The molecule has 0 aromatic carbocycles. The highest BCUT2D eigenvalue weighted by Crippen LogP contribution is 2.12. The summed E-state index contributed by atoms with van der Waals surface area (Å²) in [6.07, 6.45) is -0.667. The molecule has 0 radical (unpaired) electrons. The van der Waals surface area contributed by atoms with E-state index in [9.17, 15) is 14.3 Å². The van der Waals surface area contributed by atoms with Gasteiger partial charge in [-0.15, -0.1) is 0 Å². The lowest BCUT2D eigenvalue weighted by Crippen LogP contribution is -2.47.